The van der Waals surface area contributed by atoms with E-state index in [2.05, 4.69) is 17.4 Å². The van der Waals surface area contributed by atoms with E-state index in [1.807, 2.05) is 13.0 Å². The van der Waals surface area contributed by atoms with E-state index in [9.17, 15) is 9.90 Å². The zero-order chi connectivity index (χ0) is 13.8. The summed E-state index contributed by atoms with van der Waals surface area (Å²) < 4.78 is 0. The molecular weight excluding hydrogens is 242 g/mol. The Morgan fingerprint density at radius 1 is 1.37 bits per heavy atom. The van der Waals surface area contributed by atoms with Gasteiger partial charge in [0.15, 0.2) is 0 Å². The highest BCUT2D eigenvalue weighted by molar-refractivity contribution is 5.73. The molecule has 0 fully saturated rings. The second kappa shape index (κ2) is 6.17. The molecule has 0 spiro atoms. The Bertz CT molecular complexity index is 459. The normalized spacial score (nSPS) is 16.9. The predicted molar refractivity (Wildman–Crippen MR) is 73.1 cm³/mol. The summed E-state index contributed by atoms with van der Waals surface area (Å²) in [6, 6.07) is 5.48. The standard InChI is InChI=1S/C15H21NO3/c1-2-13(15(18)19)16-9-14(17)12-7-6-10-4-3-5-11(10)8-12/h6-8,13-14,16-17H,2-5,9H2,1H3,(H,18,19). The van der Waals surface area contributed by atoms with Crippen molar-refractivity contribution in [3.05, 3.63) is 34.9 Å². The predicted octanol–water partition coefficient (Wildman–Crippen LogP) is 1.66. The summed E-state index contributed by atoms with van der Waals surface area (Å²) in [6.45, 7) is 2.08. The van der Waals surface area contributed by atoms with Gasteiger partial charge in [-0.3, -0.25) is 4.79 Å². The number of rotatable bonds is 6. The number of aliphatic hydroxyl groups excluding tert-OH is 1. The number of nitrogens with one attached hydrogen (secondary N) is 1. The number of aliphatic carboxylic acids is 1. The van der Waals surface area contributed by atoms with Crippen molar-refractivity contribution in [2.24, 2.45) is 0 Å². The lowest BCUT2D eigenvalue weighted by Gasteiger charge is -2.17. The van der Waals surface area contributed by atoms with Crippen LogP contribution in [-0.4, -0.2) is 28.8 Å². The molecule has 104 valence electrons. The van der Waals surface area contributed by atoms with E-state index in [0.717, 1.165) is 18.4 Å². The molecule has 1 aromatic carbocycles. The van der Waals surface area contributed by atoms with Gasteiger partial charge in [-0.25, -0.2) is 0 Å². The Hall–Kier alpha value is -1.39. The Balaban J connectivity index is 1.96. The van der Waals surface area contributed by atoms with Crippen LogP contribution in [0.5, 0.6) is 0 Å². The molecule has 1 aliphatic carbocycles. The van der Waals surface area contributed by atoms with E-state index >= 15 is 0 Å². The third-order valence-corrected chi connectivity index (χ3v) is 3.77. The van der Waals surface area contributed by atoms with Crippen LogP contribution in [0.2, 0.25) is 0 Å². The fraction of sp³-hybridized carbons (Fsp3) is 0.533. The lowest BCUT2D eigenvalue weighted by atomic mass is 10.0. The van der Waals surface area contributed by atoms with Crippen LogP contribution in [0.15, 0.2) is 18.2 Å². The number of aliphatic hydroxyl groups is 1. The first-order chi connectivity index (χ1) is 9.11. The van der Waals surface area contributed by atoms with Gasteiger partial charge in [-0.1, -0.05) is 25.1 Å². The van der Waals surface area contributed by atoms with E-state index in [0.29, 0.717) is 6.42 Å². The number of carbonyl (C=O) groups is 1. The van der Waals surface area contributed by atoms with Gasteiger partial charge in [-0.2, -0.15) is 0 Å². The molecule has 0 saturated carbocycles. The van der Waals surface area contributed by atoms with E-state index in [-0.39, 0.29) is 6.54 Å². The molecule has 0 aromatic heterocycles. The summed E-state index contributed by atoms with van der Waals surface area (Å²) in [4.78, 5) is 10.9. The summed E-state index contributed by atoms with van der Waals surface area (Å²) in [5.74, 6) is -0.872. The van der Waals surface area contributed by atoms with Crippen LogP contribution in [0.3, 0.4) is 0 Å². The Morgan fingerprint density at radius 3 is 2.79 bits per heavy atom. The number of hydrogen-bond acceptors (Lipinski definition) is 3. The number of fused-ring (bicyclic) bond motifs is 1. The van der Waals surface area contributed by atoms with E-state index in [4.69, 9.17) is 5.11 Å². The smallest absolute Gasteiger partial charge is 0.320 e. The van der Waals surface area contributed by atoms with Gasteiger partial charge in [0.05, 0.1) is 6.10 Å². The molecule has 4 heteroatoms. The van der Waals surface area contributed by atoms with Gasteiger partial charge in [0.2, 0.25) is 0 Å². The highest BCUT2D eigenvalue weighted by Gasteiger charge is 2.18. The molecule has 1 aromatic rings. The molecule has 0 radical (unpaired) electrons. The first-order valence-corrected chi connectivity index (χ1v) is 6.87. The van der Waals surface area contributed by atoms with Crippen molar-refractivity contribution in [2.75, 3.05) is 6.54 Å². The summed E-state index contributed by atoms with van der Waals surface area (Å²) in [5, 5.41) is 21.9. The maximum Gasteiger partial charge on any atom is 0.320 e. The third-order valence-electron chi connectivity index (χ3n) is 3.77. The number of hydrogen-bond donors (Lipinski definition) is 3. The molecule has 0 bridgehead atoms. The highest BCUT2D eigenvalue weighted by atomic mass is 16.4. The lowest BCUT2D eigenvalue weighted by molar-refractivity contribution is -0.139. The Labute approximate surface area is 113 Å². The molecule has 2 atom stereocenters. The van der Waals surface area contributed by atoms with Crippen molar-refractivity contribution >= 4 is 5.97 Å². The number of carboxylic acid groups (broad SMARTS) is 1. The van der Waals surface area contributed by atoms with Crippen molar-refractivity contribution < 1.29 is 15.0 Å². The second-order valence-corrected chi connectivity index (χ2v) is 5.10. The van der Waals surface area contributed by atoms with Gasteiger partial charge in [-0.15, -0.1) is 0 Å². The van der Waals surface area contributed by atoms with Crippen LogP contribution in [0, 0.1) is 0 Å². The minimum atomic E-state index is -0.872. The third kappa shape index (κ3) is 3.33. The largest absolute Gasteiger partial charge is 0.480 e. The molecule has 1 aliphatic rings. The van der Waals surface area contributed by atoms with Gasteiger partial charge in [0.25, 0.3) is 0 Å². The van der Waals surface area contributed by atoms with Crippen LogP contribution < -0.4 is 5.32 Å². The van der Waals surface area contributed by atoms with Crippen molar-refractivity contribution in [1.82, 2.24) is 5.32 Å². The number of carboxylic acids is 1. The molecule has 2 unspecified atom stereocenters. The number of benzene rings is 1. The summed E-state index contributed by atoms with van der Waals surface area (Å²) >= 11 is 0. The lowest BCUT2D eigenvalue weighted by Crippen LogP contribution is -2.38. The zero-order valence-corrected chi connectivity index (χ0v) is 11.2. The fourth-order valence-corrected chi connectivity index (χ4v) is 2.58. The Kier molecular flexibility index (Phi) is 4.56. The minimum Gasteiger partial charge on any atom is -0.480 e. The molecule has 4 nitrogen and oxygen atoms in total. The molecule has 0 heterocycles. The maximum atomic E-state index is 10.9. The molecule has 2 rings (SSSR count). The number of aryl methyl sites for hydroxylation is 2. The fourth-order valence-electron chi connectivity index (χ4n) is 2.58. The molecule has 3 N–H and O–H groups in total. The molecule has 0 saturated heterocycles. The summed E-state index contributed by atoms with van der Waals surface area (Å²) in [7, 11) is 0. The van der Waals surface area contributed by atoms with Gasteiger partial charge in [0, 0.05) is 6.54 Å². The van der Waals surface area contributed by atoms with Gasteiger partial charge < -0.3 is 15.5 Å². The van der Waals surface area contributed by atoms with E-state index < -0.39 is 18.1 Å². The van der Waals surface area contributed by atoms with Gasteiger partial charge >= 0.3 is 5.97 Å². The first-order valence-electron chi connectivity index (χ1n) is 6.87. The molecule has 19 heavy (non-hydrogen) atoms. The van der Waals surface area contributed by atoms with Crippen molar-refractivity contribution in [3.8, 4) is 0 Å². The second-order valence-electron chi connectivity index (χ2n) is 5.10. The minimum absolute atomic E-state index is 0.267. The quantitative estimate of drug-likeness (QED) is 0.730. The first kappa shape index (κ1) is 14.0. The van der Waals surface area contributed by atoms with Crippen molar-refractivity contribution in [1.29, 1.82) is 0 Å². The van der Waals surface area contributed by atoms with Crippen LogP contribution >= 0.6 is 0 Å². The summed E-state index contributed by atoms with van der Waals surface area (Å²) in [6.07, 6.45) is 3.24. The molecule has 0 aliphatic heterocycles. The van der Waals surface area contributed by atoms with Crippen molar-refractivity contribution in [3.63, 3.8) is 0 Å². The van der Waals surface area contributed by atoms with Crippen molar-refractivity contribution in [2.45, 2.75) is 44.8 Å². The molecule has 0 amide bonds. The van der Waals surface area contributed by atoms with Crippen LogP contribution in [0.1, 0.15) is 42.6 Å². The van der Waals surface area contributed by atoms with Crippen LogP contribution in [-0.2, 0) is 17.6 Å². The Morgan fingerprint density at radius 2 is 2.11 bits per heavy atom. The average Bonchev–Trinajstić information content (AvgIpc) is 2.85. The topological polar surface area (TPSA) is 69.6 Å². The highest BCUT2D eigenvalue weighted by Crippen LogP contribution is 2.25. The van der Waals surface area contributed by atoms with E-state index in [1.54, 1.807) is 0 Å². The van der Waals surface area contributed by atoms with Gasteiger partial charge in [-0.05, 0) is 42.4 Å². The van der Waals surface area contributed by atoms with Gasteiger partial charge in [0.1, 0.15) is 6.04 Å². The zero-order valence-electron chi connectivity index (χ0n) is 11.2. The van der Waals surface area contributed by atoms with E-state index in [1.165, 1.54) is 17.5 Å². The SMILES string of the molecule is CCC(NCC(O)c1ccc2c(c1)CCC2)C(=O)O. The maximum absolute atomic E-state index is 10.9. The van der Waals surface area contributed by atoms with Crippen LogP contribution in [0.25, 0.3) is 0 Å². The van der Waals surface area contributed by atoms with Crippen LogP contribution in [0.4, 0.5) is 0 Å². The average molecular weight is 263 g/mol. The monoisotopic (exact) mass is 263 g/mol. The summed E-state index contributed by atoms with van der Waals surface area (Å²) in [5.41, 5.74) is 3.57. The molecular formula is C15H21NO3.